The van der Waals surface area contributed by atoms with Gasteiger partial charge in [-0.2, -0.15) is 0 Å². The summed E-state index contributed by atoms with van der Waals surface area (Å²) in [7, 11) is 0. The van der Waals surface area contributed by atoms with E-state index in [0.717, 1.165) is 45.6 Å². The van der Waals surface area contributed by atoms with Crippen molar-refractivity contribution in [2.24, 2.45) is 0 Å². The Bertz CT molecular complexity index is 699. The quantitative estimate of drug-likeness (QED) is 0.649. The number of carbonyl (C=O) groups excluding carboxylic acids is 2. The summed E-state index contributed by atoms with van der Waals surface area (Å²) >= 11 is 0. The molecule has 2 aliphatic heterocycles. The first-order valence-corrected chi connectivity index (χ1v) is 10.8. The molecule has 8 heteroatoms. The Morgan fingerprint density at radius 1 is 1.10 bits per heavy atom. The van der Waals surface area contributed by atoms with Crippen LogP contribution in [0.4, 0.5) is 5.69 Å². The Morgan fingerprint density at radius 2 is 1.80 bits per heavy atom. The SMILES string of the molecule is CC(C)(C)OC(=O)COC1CCCN(C(=O)CN2CCN(c3ccncc3)CC2)C1. The molecule has 3 rings (SSSR count). The number of esters is 1. The van der Waals surface area contributed by atoms with E-state index in [0.29, 0.717) is 13.1 Å². The lowest BCUT2D eigenvalue weighted by atomic mass is 10.1. The summed E-state index contributed by atoms with van der Waals surface area (Å²) in [6.07, 6.45) is 5.25. The molecule has 2 aliphatic rings. The van der Waals surface area contributed by atoms with Crippen molar-refractivity contribution in [2.45, 2.75) is 45.3 Å². The maximum absolute atomic E-state index is 12.8. The number of piperidine rings is 1. The van der Waals surface area contributed by atoms with Gasteiger partial charge in [0.2, 0.25) is 5.91 Å². The van der Waals surface area contributed by atoms with Crippen LogP contribution in [0.2, 0.25) is 0 Å². The van der Waals surface area contributed by atoms with Gasteiger partial charge in [0.25, 0.3) is 0 Å². The molecule has 0 radical (unpaired) electrons. The van der Waals surface area contributed by atoms with E-state index >= 15 is 0 Å². The Balaban J connectivity index is 1.39. The minimum absolute atomic E-state index is 0.0685. The first-order chi connectivity index (χ1) is 14.3. The highest BCUT2D eigenvalue weighted by molar-refractivity contribution is 5.78. The number of likely N-dealkylation sites (tertiary alicyclic amines) is 1. The van der Waals surface area contributed by atoms with Gasteiger partial charge in [-0.3, -0.25) is 14.7 Å². The van der Waals surface area contributed by atoms with Crippen LogP contribution in [0.25, 0.3) is 0 Å². The first kappa shape index (κ1) is 22.5. The van der Waals surface area contributed by atoms with Crippen LogP contribution in [-0.4, -0.2) is 90.8 Å². The maximum Gasteiger partial charge on any atom is 0.332 e. The summed E-state index contributed by atoms with van der Waals surface area (Å²) in [6, 6.07) is 4.04. The molecule has 1 aromatic rings. The fraction of sp³-hybridized carbons (Fsp3) is 0.682. The van der Waals surface area contributed by atoms with Gasteiger partial charge < -0.3 is 19.3 Å². The number of pyridine rings is 1. The van der Waals surface area contributed by atoms with Crippen LogP contribution in [0.5, 0.6) is 0 Å². The number of nitrogens with zero attached hydrogens (tertiary/aromatic N) is 4. The summed E-state index contributed by atoms with van der Waals surface area (Å²) in [5.41, 5.74) is 0.660. The molecule has 0 aromatic carbocycles. The molecule has 166 valence electrons. The Morgan fingerprint density at radius 3 is 2.47 bits per heavy atom. The minimum atomic E-state index is -0.517. The average molecular weight is 419 g/mol. The number of aromatic nitrogens is 1. The van der Waals surface area contributed by atoms with E-state index in [-0.39, 0.29) is 24.6 Å². The number of ether oxygens (including phenoxy) is 2. The van der Waals surface area contributed by atoms with Crippen molar-refractivity contribution < 1.29 is 19.1 Å². The lowest BCUT2D eigenvalue weighted by Gasteiger charge is -2.38. The van der Waals surface area contributed by atoms with Gasteiger partial charge in [0.15, 0.2) is 0 Å². The molecule has 0 saturated carbocycles. The second-order valence-electron chi connectivity index (χ2n) is 8.97. The normalized spacial score (nSPS) is 20.8. The molecule has 30 heavy (non-hydrogen) atoms. The predicted octanol–water partition coefficient (Wildman–Crippen LogP) is 1.55. The van der Waals surface area contributed by atoms with Crippen LogP contribution in [0.15, 0.2) is 24.5 Å². The number of carbonyl (C=O) groups is 2. The van der Waals surface area contributed by atoms with Gasteiger partial charge in [0.1, 0.15) is 12.2 Å². The topological polar surface area (TPSA) is 75.2 Å². The molecule has 0 N–H and O–H groups in total. The van der Waals surface area contributed by atoms with Gasteiger partial charge in [0, 0.05) is 57.3 Å². The summed E-state index contributed by atoms with van der Waals surface area (Å²) < 4.78 is 11.0. The first-order valence-electron chi connectivity index (χ1n) is 10.8. The molecule has 0 bridgehead atoms. The molecular weight excluding hydrogens is 384 g/mol. The molecule has 0 spiro atoms. The number of piperazine rings is 1. The number of anilines is 1. The van der Waals surface area contributed by atoms with Crippen molar-refractivity contribution in [3.05, 3.63) is 24.5 Å². The molecule has 3 heterocycles. The molecule has 2 fully saturated rings. The molecule has 1 atom stereocenters. The van der Waals surface area contributed by atoms with Crippen LogP contribution in [-0.2, 0) is 19.1 Å². The largest absolute Gasteiger partial charge is 0.458 e. The summed E-state index contributed by atoms with van der Waals surface area (Å²) in [5, 5.41) is 0. The van der Waals surface area contributed by atoms with E-state index in [4.69, 9.17) is 9.47 Å². The van der Waals surface area contributed by atoms with Crippen molar-refractivity contribution >= 4 is 17.6 Å². The zero-order valence-electron chi connectivity index (χ0n) is 18.4. The van der Waals surface area contributed by atoms with E-state index in [1.165, 1.54) is 5.69 Å². The van der Waals surface area contributed by atoms with Crippen LogP contribution in [0, 0.1) is 0 Å². The Labute approximate surface area is 179 Å². The maximum atomic E-state index is 12.8. The van der Waals surface area contributed by atoms with Crippen molar-refractivity contribution in [1.82, 2.24) is 14.8 Å². The van der Waals surface area contributed by atoms with E-state index in [9.17, 15) is 9.59 Å². The van der Waals surface area contributed by atoms with Gasteiger partial charge in [0.05, 0.1) is 12.6 Å². The van der Waals surface area contributed by atoms with E-state index in [2.05, 4.69) is 14.8 Å². The third-order valence-electron chi connectivity index (χ3n) is 5.35. The van der Waals surface area contributed by atoms with Crippen molar-refractivity contribution in [3.63, 3.8) is 0 Å². The van der Waals surface area contributed by atoms with E-state index < -0.39 is 5.60 Å². The second-order valence-corrected chi connectivity index (χ2v) is 8.97. The van der Waals surface area contributed by atoms with Crippen molar-refractivity contribution in [3.8, 4) is 0 Å². The molecule has 1 aromatic heterocycles. The lowest BCUT2D eigenvalue weighted by molar-refractivity contribution is -0.163. The third kappa shape index (κ3) is 6.95. The predicted molar refractivity (Wildman–Crippen MR) is 114 cm³/mol. The molecule has 1 amide bonds. The van der Waals surface area contributed by atoms with E-state index in [1.54, 1.807) is 0 Å². The van der Waals surface area contributed by atoms with Crippen molar-refractivity contribution in [2.75, 3.05) is 57.3 Å². The lowest BCUT2D eigenvalue weighted by Crippen LogP contribution is -2.52. The highest BCUT2D eigenvalue weighted by atomic mass is 16.6. The minimum Gasteiger partial charge on any atom is -0.458 e. The molecule has 1 unspecified atom stereocenters. The second kappa shape index (κ2) is 10.2. The fourth-order valence-corrected chi connectivity index (χ4v) is 3.87. The van der Waals surface area contributed by atoms with Crippen LogP contribution >= 0.6 is 0 Å². The van der Waals surface area contributed by atoms with Crippen LogP contribution in [0.3, 0.4) is 0 Å². The summed E-state index contributed by atoms with van der Waals surface area (Å²) in [4.78, 5) is 35.1. The van der Waals surface area contributed by atoms with Crippen molar-refractivity contribution in [1.29, 1.82) is 0 Å². The van der Waals surface area contributed by atoms with Gasteiger partial charge in [-0.1, -0.05) is 0 Å². The highest BCUT2D eigenvalue weighted by Crippen LogP contribution is 2.17. The standard InChI is InChI=1S/C22H34N4O4/c1-22(2,3)30-21(28)17-29-19-5-4-10-26(15-19)20(27)16-24-11-13-25(14-12-24)18-6-8-23-9-7-18/h6-9,19H,4-5,10-17H2,1-3H3. The zero-order valence-corrected chi connectivity index (χ0v) is 18.4. The monoisotopic (exact) mass is 418 g/mol. The summed E-state index contributed by atoms with van der Waals surface area (Å²) in [6.45, 7) is 10.7. The van der Waals surface area contributed by atoms with Crippen LogP contribution in [0.1, 0.15) is 33.6 Å². The smallest absolute Gasteiger partial charge is 0.332 e. The molecule has 8 nitrogen and oxygen atoms in total. The van der Waals surface area contributed by atoms with Gasteiger partial charge in [-0.25, -0.2) is 4.79 Å². The Hall–Kier alpha value is -2.19. The number of amides is 1. The van der Waals surface area contributed by atoms with Gasteiger partial charge in [-0.15, -0.1) is 0 Å². The molecular formula is C22H34N4O4. The highest BCUT2D eigenvalue weighted by Gasteiger charge is 2.27. The zero-order chi connectivity index (χ0) is 21.6. The Kier molecular flexibility index (Phi) is 7.66. The fourth-order valence-electron chi connectivity index (χ4n) is 3.87. The molecule has 0 aliphatic carbocycles. The number of hydrogen-bond donors (Lipinski definition) is 0. The van der Waals surface area contributed by atoms with Gasteiger partial charge in [-0.05, 0) is 45.7 Å². The number of hydrogen-bond acceptors (Lipinski definition) is 7. The average Bonchev–Trinajstić information content (AvgIpc) is 2.72. The molecule has 2 saturated heterocycles. The number of rotatable bonds is 6. The van der Waals surface area contributed by atoms with Crippen LogP contribution < -0.4 is 4.90 Å². The third-order valence-corrected chi connectivity index (χ3v) is 5.35. The summed E-state index contributed by atoms with van der Waals surface area (Å²) in [5.74, 6) is -0.226. The van der Waals surface area contributed by atoms with Gasteiger partial charge >= 0.3 is 5.97 Å². The van der Waals surface area contributed by atoms with E-state index in [1.807, 2.05) is 50.2 Å².